The van der Waals surface area contributed by atoms with Crippen LogP contribution in [0.4, 0.5) is 0 Å². The van der Waals surface area contributed by atoms with Gasteiger partial charge in [-0.1, -0.05) is 51.8 Å². The fraction of sp³-hybridized carbons (Fsp3) is 0.250. The number of rotatable bonds is 2. The Labute approximate surface area is 141 Å². The molecule has 0 bridgehead atoms. The summed E-state index contributed by atoms with van der Waals surface area (Å²) < 4.78 is 1.31. The van der Waals surface area contributed by atoms with Crippen molar-refractivity contribution < 1.29 is 0 Å². The molecule has 0 aliphatic carbocycles. The molecular formula is C16H15BrClI. The SMILES string of the molecule is Cc1cc(C(Br)c2cccc(C)c2I)c(C)cc1Cl. The summed E-state index contributed by atoms with van der Waals surface area (Å²) in [6.07, 6.45) is 0. The topological polar surface area (TPSA) is 0 Å². The number of alkyl halides is 1. The lowest BCUT2D eigenvalue weighted by Gasteiger charge is -2.17. The molecule has 1 atom stereocenters. The average molecular weight is 450 g/mol. The number of aryl methyl sites for hydroxylation is 3. The van der Waals surface area contributed by atoms with Crippen LogP contribution in [0.15, 0.2) is 30.3 Å². The van der Waals surface area contributed by atoms with Crippen molar-refractivity contribution >= 4 is 50.1 Å². The van der Waals surface area contributed by atoms with E-state index in [4.69, 9.17) is 11.6 Å². The van der Waals surface area contributed by atoms with Gasteiger partial charge in [0.05, 0.1) is 4.83 Å². The average Bonchev–Trinajstić information content (AvgIpc) is 2.36. The van der Waals surface area contributed by atoms with Crippen LogP contribution in [0.25, 0.3) is 0 Å². The van der Waals surface area contributed by atoms with Crippen LogP contribution in [-0.2, 0) is 0 Å². The molecule has 2 aromatic rings. The molecule has 0 aliphatic heterocycles. The molecular weight excluding hydrogens is 434 g/mol. The molecule has 0 saturated heterocycles. The zero-order valence-electron chi connectivity index (χ0n) is 11.1. The van der Waals surface area contributed by atoms with E-state index in [2.05, 4.69) is 76.6 Å². The van der Waals surface area contributed by atoms with Crippen LogP contribution in [0.3, 0.4) is 0 Å². The van der Waals surface area contributed by atoms with Gasteiger partial charge in [0.1, 0.15) is 0 Å². The first-order valence-electron chi connectivity index (χ1n) is 6.07. The molecule has 0 aromatic heterocycles. The standard InChI is InChI=1S/C16H15BrClI/c1-9-5-4-6-12(16(9)19)15(17)13-7-11(3)14(18)8-10(13)2/h4-8,15H,1-3H3. The maximum absolute atomic E-state index is 6.18. The minimum absolute atomic E-state index is 0.204. The van der Waals surface area contributed by atoms with Crippen molar-refractivity contribution in [2.45, 2.75) is 25.6 Å². The van der Waals surface area contributed by atoms with Crippen LogP contribution >= 0.6 is 50.1 Å². The maximum atomic E-state index is 6.18. The van der Waals surface area contributed by atoms with Gasteiger partial charge in [0.15, 0.2) is 0 Å². The third-order valence-corrected chi connectivity index (χ3v) is 6.18. The van der Waals surface area contributed by atoms with E-state index in [1.54, 1.807) is 0 Å². The van der Waals surface area contributed by atoms with Crippen molar-refractivity contribution in [2.24, 2.45) is 0 Å². The Balaban J connectivity index is 2.53. The molecule has 19 heavy (non-hydrogen) atoms. The molecule has 0 radical (unpaired) electrons. The zero-order chi connectivity index (χ0) is 14.2. The lowest BCUT2D eigenvalue weighted by molar-refractivity contribution is 1.11. The molecule has 1 unspecified atom stereocenters. The predicted molar refractivity (Wildman–Crippen MR) is 95.6 cm³/mol. The van der Waals surface area contributed by atoms with Crippen molar-refractivity contribution in [2.75, 3.05) is 0 Å². The molecule has 0 fully saturated rings. The molecule has 0 aliphatic rings. The van der Waals surface area contributed by atoms with E-state index in [1.165, 1.54) is 25.8 Å². The van der Waals surface area contributed by atoms with Crippen LogP contribution < -0.4 is 0 Å². The van der Waals surface area contributed by atoms with Crippen LogP contribution in [0, 0.1) is 24.3 Å². The highest BCUT2D eigenvalue weighted by Crippen LogP contribution is 2.37. The first-order valence-corrected chi connectivity index (χ1v) is 8.44. The van der Waals surface area contributed by atoms with Crippen LogP contribution in [0.2, 0.25) is 5.02 Å². The fourth-order valence-corrected chi connectivity index (χ4v) is 4.30. The van der Waals surface area contributed by atoms with Crippen molar-refractivity contribution in [3.8, 4) is 0 Å². The normalized spacial score (nSPS) is 12.5. The van der Waals surface area contributed by atoms with E-state index in [0.717, 1.165) is 10.6 Å². The van der Waals surface area contributed by atoms with Crippen molar-refractivity contribution in [3.63, 3.8) is 0 Å². The molecule has 0 amide bonds. The fourth-order valence-electron chi connectivity index (χ4n) is 2.11. The monoisotopic (exact) mass is 448 g/mol. The Hall–Kier alpha value is -0.0600. The third kappa shape index (κ3) is 3.17. The first-order chi connectivity index (χ1) is 8.91. The Kier molecular flexibility index (Phi) is 4.96. The van der Waals surface area contributed by atoms with Gasteiger partial charge in [0.25, 0.3) is 0 Å². The molecule has 0 saturated carbocycles. The van der Waals surface area contributed by atoms with Gasteiger partial charge in [-0.05, 0) is 77.2 Å². The maximum Gasteiger partial charge on any atom is 0.0657 e. The summed E-state index contributed by atoms with van der Waals surface area (Å²) in [7, 11) is 0. The van der Waals surface area contributed by atoms with E-state index in [1.807, 2.05) is 13.0 Å². The number of halogens is 3. The number of hydrogen-bond acceptors (Lipinski definition) is 0. The third-order valence-electron chi connectivity index (χ3n) is 3.32. The van der Waals surface area contributed by atoms with E-state index >= 15 is 0 Å². The summed E-state index contributed by atoms with van der Waals surface area (Å²) in [6, 6.07) is 10.7. The molecule has 3 heteroatoms. The second-order valence-corrected chi connectivity index (χ2v) is 7.20. The zero-order valence-corrected chi connectivity index (χ0v) is 15.6. The number of benzene rings is 2. The highest BCUT2D eigenvalue weighted by Gasteiger charge is 2.17. The largest absolute Gasteiger partial charge is 0.0840 e. The Bertz CT molecular complexity index is 622. The molecule has 2 aromatic carbocycles. The summed E-state index contributed by atoms with van der Waals surface area (Å²) in [5, 5.41) is 0.833. The molecule has 0 N–H and O–H groups in total. The van der Waals surface area contributed by atoms with Gasteiger partial charge in [-0.2, -0.15) is 0 Å². The molecule has 100 valence electrons. The van der Waals surface area contributed by atoms with E-state index in [9.17, 15) is 0 Å². The molecule has 0 heterocycles. The highest BCUT2D eigenvalue weighted by molar-refractivity contribution is 14.1. The summed E-state index contributed by atoms with van der Waals surface area (Å²) in [4.78, 5) is 0.204. The van der Waals surface area contributed by atoms with E-state index in [-0.39, 0.29) is 4.83 Å². The van der Waals surface area contributed by atoms with Gasteiger partial charge in [-0.15, -0.1) is 0 Å². The first kappa shape index (κ1) is 15.3. The van der Waals surface area contributed by atoms with Crippen LogP contribution in [0.1, 0.15) is 32.6 Å². The van der Waals surface area contributed by atoms with Gasteiger partial charge < -0.3 is 0 Å². The van der Waals surface area contributed by atoms with E-state index in [0.29, 0.717) is 0 Å². The Morgan fingerprint density at radius 3 is 2.37 bits per heavy atom. The van der Waals surface area contributed by atoms with Gasteiger partial charge in [0.2, 0.25) is 0 Å². The number of hydrogen-bond donors (Lipinski definition) is 0. The summed E-state index contributed by atoms with van der Waals surface area (Å²) in [5.41, 5.74) is 6.24. The minimum Gasteiger partial charge on any atom is -0.0840 e. The summed E-state index contributed by atoms with van der Waals surface area (Å²) in [5.74, 6) is 0. The summed E-state index contributed by atoms with van der Waals surface area (Å²) in [6.45, 7) is 6.30. The van der Waals surface area contributed by atoms with E-state index < -0.39 is 0 Å². The summed E-state index contributed by atoms with van der Waals surface area (Å²) >= 11 is 12.4. The smallest absolute Gasteiger partial charge is 0.0657 e. The Morgan fingerprint density at radius 1 is 1.00 bits per heavy atom. The quantitative estimate of drug-likeness (QED) is 0.370. The Morgan fingerprint density at radius 2 is 1.68 bits per heavy atom. The van der Waals surface area contributed by atoms with Gasteiger partial charge in [0, 0.05) is 8.59 Å². The van der Waals surface area contributed by atoms with Crippen molar-refractivity contribution in [1.29, 1.82) is 0 Å². The predicted octanol–water partition coefficient (Wildman–Crippen LogP) is 6.35. The van der Waals surface area contributed by atoms with Crippen molar-refractivity contribution in [3.05, 3.63) is 66.7 Å². The lowest BCUT2D eigenvalue weighted by atomic mass is 9.97. The second kappa shape index (κ2) is 6.15. The van der Waals surface area contributed by atoms with Gasteiger partial charge >= 0.3 is 0 Å². The highest BCUT2D eigenvalue weighted by atomic mass is 127. The van der Waals surface area contributed by atoms with Crippen LogP contribution in [0.5, 0.6) is 0 Å². The molecule has 0 spiro atoms. The van der Waals surface area contributed by atoms with Crippen molar-refractivity contribution in [1.82, 2.24) is 0 Å². The lowest BCUT2D eigenvalue weighted by Crippen LogP contribution is -2.00. The van der Waals surface area contributed by atoms with Gasteiger partial charge in [-0.3, -0.25) is 0 Å². The minimum atomic E-state index is 0.204. The van der Waals surface area contributed by atoms with Crippen LogP contribution in [-0.4, -0.2) is 0 Å². The molecule has 2 rings (SSSR count). The van der Waals surface area contributed by atoms with Gasteiger partial charge in [-0.25, -0.2) is 0 Å². The molecule has 0 nitrogen and oxygen atoms in total. The second-order valence-electron chi connectivity index (χ2n) is 4.80.